The van der Waals surface area contributed by atoms with Crippen LogP contribution in [-0.2, 0) is 4.79 Å². The monoisotopic (exact) mass is 607 g/mol. The first kappa shape index (κ1) is 30.8. The number of rotatable bonds is 10. The number of nitrogens with one attached hydrogen (secondary N) is 2. The third kappa shape index (κ3) is 7.48. The molecule has 4 heterocycles. The highest BCUT2D eigenvalue weighted by Gasteiger charge is 2.32. The molecule has 2 saturated heterocycles. The number of hydrogen-bond donors (Lipinski definition) is 2. The number of nitrogens with zero attached hydrogens (tertiary/aromatic N) is 5. The van der Waals surface area contributed by atoms with E-state index in [0.717, 1.165) is 70.3 Å². The Morgan fingerprint density at radius 1 is 1.09 bits per heavy atom. The summed E-state index contributed by atoms with van der Waals surface area (Å²) in [4.78, 5) is 43.9. The van der Waals surface area contributed by atoms with Gasteiger partial charge in [-0.25, -0.2) is 14.4 Å². The Balaban J connectivity index is 1.25. The molecule has 0 saturated carbocycles. The van der Waals surface area contributed by atoms with Crippen molar-refractivity contribution >= 4 is 34.9 Å². The number of hydrogen-bond acceptors (Lipinski definition) is 7. The van der Waals surface area contributed by atoms with Crippen molar-refractivity contribution in [3.63, 3.8) is 0 Å². The van der Waals surface area contributed by atoms with E-state index in [1.54, 1.807) is 18.5 Å². The Morgan fingerprint density at radius 3 is 2.67 bits per heavy atom. The quantitative estimate of drug-likeness (QED) is 0.281. The van der Waals surface area contributed by atoms with Crippen LogP contribution in [0.1, 0.15) is 74.2 Å². The third-order valence-corrected chi connectivity index (χ3v) is 8.39. The number of benzene rings is 1. The van der Waals surface area contributed by atoms with Crippen LogP contribution in [0.5, 0.6) is 0 Å². The van der Waals surface area contributed by atoms with Crippen LogP contribution in [0.3, 0.4) is 0 Å². The van der Waals surface area contributed by atoms with Crippen LogP contribution in [-0.4, -0.2) is 75.3 Å². The lowest BCUT2D eigenvalue weighted by Gasteiger charge is -2.36. The lowest BCUT2D eigenvalue weighted by atomic mass is 10.0. The van der Waals surface area contributed by atoms with Gasteiger partial charge in [0, 0.05) is 55.4 Å². The number of aromatic nitrogens is 3. The number of piperidine rings is 1. The first-order valence-corrected chi connectivity index (χ1v) is 15.5. The first-order valence-electron chi connectivity index (χ1n) is 15.2. The highest BCUT2D eigenvalue weighted by molar-refractivity contribution is 6.30. The van der Waals surface area contributed by atoms with Crippen LogP contribution in [0.25, 0.3) is 11.4 Å². The minimum atomic E-state index is -0.479. The molecule has 1 atom stereocenters. The van der Waals surface area contributed by atoms with E-state index in [1.165, 1.54) is 24.4 Å². The van der Waals surface area contributed by atoms with E-state index in [0.29, 0.717) is 28.6 Å². The fourth-order valence-corrected chi connectivity index (χ4v) is 5.96. The summed E-state index contributed by atoms with van der Waals surface area (Å²) in [5.74, 6) is 0.243. The normalized spacial score (nSPS) is 17.3. The molecule has 2 fully saturated rings. The van der Waals surface area contributed by atoms with Gasteiger partial charge in [-0.3, -0.25) is 19.5 Å². The SMILES string of the molecule is CC(C)c1cnc(-c2cc(Cl)ccc2F)nc1Nc1ccncc1C(=O)NCCCN1CCCC[C@H]1C(=O)N1CCCC1. The van der Waals surface area contributed by atoms with E-state index in [-0.39, 0.29) is 35.2 Å². The number of carbonyl (C=O) groups excluding carboxylic acids is 2. The second kappa shape index (κ2) is 14.2. The van der Waals surface area contributed by atoms with E-state index in [2.05, 4.69) is 30.5 Å². The topological polar surface area (TPSA) is 103 Å². The summed E-state index contributed by atoms with van der Waals surface area (Å²) in [7, 11) is 0. The summed E-state index contributed by atoms with van der Waals surface area (Å²) in [6, 6.07) is 5.91. The number of likely N-dealkylation sites (tertiary alicyclic amines) is 2. The molecular formula is C32H39ClFN7O2. The van der Waals surface area contributed by atoms with E-state index >= 15 is 0 Å². The Labute approximate surface area is 257 Å². The lowest BCUT2D eigenvalue weighted by molar-refractivity contribution is -0.137. The molecule has 2 N–H and O–H groups in total. The van der Waals surface area contributed by atoms with Crippen molar-refractivity contribution in [2.45, 2.75) is 64.3 Å². The van der Waals surface area contributed by atoms with Gasteiger partial charge < -0.3 is 15.5 Å². The van der Waals surface area contributed by atoms with Gasteiger partial charge in [-0.05, 0) is 68.8 Å². The fourth-order valence-electron chi connectivity index (χ4n) is 5.79. The van der Waals surface area contributed by atoms with Crippen LogP contribution < -0.4 is 10.6 Å². The van der Waals surface area contributed by atoms with Gasteiger partial charge in [0.25, 0.3) is 5.91 Å². The van der Waals surface area contributed by atoms with Gasteiger partial charge in [-0.1, -0.05) is 31.9 Å². The largest absolute Gasteiger partial charge is 0.352 e. The van der Waals surface area contributed by atoms with Crippen molar-refractivity contribution in [2.24, 2.45) is 0 Å². The smallest absolute Gasteiger partial charge is 0.254 e. The van der Waals surface area contributed by atoms with Crippen molar-refractivity contribution in [3.05, 3.63) is 64.8 Å². The van der Waals surface area contributed by atoms with Crippen molar-refractivity contribution in [3.8, 4) is 11.4 Å². The first-order chi connectivity index (χ1) is 20.8. The molecule has 2 aliphatic heterocycles. The molecule has 0 aliphatic carbocycles. The van der Waals surface area contributed by atoms with Crippen molar-refractivity contribution in [2.75, 3.05) is 38.0 Å². The van der Waals surface area contributed by atoms with Crippen LogP contribution in [0.15, 0.2) is 42.9 Å². The number of anilines is 2. The molecule has 43 heavy (non-hydrogen) atoms. The molecule has 3 aromatic rings. The number of amides is 2. The van der Waals surface area contributed by atoms with Gasteiger partial charge in [-0.15, -0.1) is 0 Å². The van der Waals surface area contributed by atoms with Gasteiger partial charge in [0.1, 0.15) is 11.6 Å². The standard InChI is InChI=1S/C32H39ClFN7O2/c1-21(2)24-20-37-29(23-18-22(33)9-10-26(23)34)39-30(24)38-27-11-13-35-19-25(27)31(42)36-12-7-17-40-14-4-3-8-28(40)32(43)41-15-5-6-16-41/h9-11,13,18-21,28H,3-8,12,14-17H2,1-2H3,(H,36,42)(H,35,37,38,39)/t28-/m0/s1. The fraction of sp³-hybridized carbons (Fsp3) is 0.469. The van der Waals surface area contributed by atoms with E-state index in [1.807, 2.05) is 18.7 Å². The zero-order valence-electron chi connectivity index (χ0n) is 24.8. The van der Waals surface area contributed by atoms with Gasteiger partial charge in [0.15, 0.2) is 5.82 Å². The molecular weight excluding hydrogens is 569 g/mol. The molecule has 0 radical (unpaired) electrons. The zero-order valence-corrected chi connectivity index (χ0v) is 25.5. The van der Waals surface area contributed by atoms with Gasteiger partial charge in [-0.2, -0.15) is 0 Å². The molecule has 2 amide bonds. The van der Waals surface area contributed by atoms with Crippen LogP contribution >= 0.6 is 11.6 Å². The van der Waals surface area contributed by atoms with Crippen molar-refractivity contribution in [1.82, 2.24) is 30.1 Å². The predicted molar refractivity (Wildman–Crippen MR) is 166 cm³/mol. The van der Waals surface area contributed by atoms with E-state index < -0.39 is 5.82 Å². The summed E-state index contributed by atoms with van der Waals surface area (Å²) in [6.07, 6.45) is 10.8. The molecule has 5 rings (SSSR count). The third-order valence-electron chi connectivity index (χ3n) is 8.15. The summed E-state index contributed by atoms with van der Waals surface area (Å²) >= 11 is 6.11. The Morgan fingerprint density at radius 2 is 1.88 bits per heavy atom. The van der Waals surface area contributed by atoms with E-state index in [9.17, 15) is 14.0 Å². The second-order valence-corrected chi connectivity index (χ2v) is 11.9. The molecule has 0 bridgehead atoms. The Kier molecular flexibility index (Phi) is 10.2. The van der Waals surface area contributed by atoms with Gasteiger partial charge >= 0.3 is 0 Å². The van der Waals surface area contributed by atoms with Gasteiger partial charge in [0.2, 0.25) is 5.91 Å². The van der Waals surface area contributed by atoms with Crippen molar-refractivity contribution < 1.29 is 14.0 Å². The Bertz CT molecular complexity index is 1450. The zero-order chi connectivity index (χ0) is 30.3. The summed E-state index contributed by atoms with van der Waals surface area (Å²) in [5, 5.41) is 6.67. The highest BCUT2D eigenvalue weighted by Crippen LogP contribution is 2.30. The number of carbonyl (C=O) groups is 2. The second-order valence-electron chi connectivity index (χ2n) is 11.5. The average Bonchev–Trinajstić information content (AvgIpc) is 3.56. The molecule has 0 unspecified atom stereocenters. The van der Waals surface area contributed by atoms with Gasteiger partial charge in [0.05, 0.1) is 22.9 Å². The summed E-state index contributed by atoms with van der Waals surface area (Å²) in [6.45, 7) is 7.89. The maximum atomic E-state index is 14.6. The molecule has 228 valence electrons. The van der Waals surface area contributed by atoms with Crippen molar-refractivity contribution in [1.29, 1.82) is 0 Å². The van der Waals surface area contributed by atoms with Crippen LogP contribution in [0.4, 0.5) is 15.9 Å². The lowest BCUT2D eigenvalue weighted by Crippen LogP contribution is -2.50. The minimum Gasteiger partial charge on any atom is -0.352 e. The van der Waals surface area contributed by atoms with E-state index in [4.69, 9.17) is 11.6 Å². The number of pyridine rings is 1. The van der Waals surface area contributed by atoms with Crippen LogP contribution in [0, 0.1) is 5.82 Å². The highest BCUT2D eigenvalue weighted by atomic mass is 35.5. The molecule has 9 nitrogen and oxygen atoms in total. The number of halogens is 2. The molecule has 0 spiro atoms. The molecule has 2 aliphatic rings. The van der Waals surface area contributed by atoms with Crippen LogP contribution in [0.2, 0.25) is 5.02 Å². The summed E-state index contributed by atoms with van der Waals surface area (Å²) < 4.78 is 14.6. The Hall–Kier alpha value is -3.63. The average molecular weight is 608 g/mol. The summed E-state index contributed by atoms with van der Waals surface area (Å²) in [5.41, 5.74) is 1.90. The molecule has 11 heteroatoms. The maximum Gasteiger partial charge on any atom is 0.254 e. The molecule has 2 aromatic heterocycles. The minimum absolute atomic E-state index is 0.0510. The maximum absolute atomic E-state index is 14.6. The predicted octanol–water partition coefficient (Wildman–Crippen LogP) is 5.79. The molecule has 1 aromatic carbocycles.